The van der Waals surface area contributed by atoms with Gasteiger partial charge in [-0.1, -0.05) is 115 Å². The summed E-state index contributed by atoms with van der Waals surface area (Å²) in [5.74, 6) is -0.0608. The van der Waals surface area contributed by atoms with Crippen molar-refractivity contribution >= 4 is 39.6 Å². The van der Waals surface area contributed by atoms with Crippen LogP contribution in [-0.2, 0) is 35.8 Å². The number of nitrogens with zero attached hydrogens (tertiary/aromatic N) is 5. The third kappa shape index (κ3) is 9.19. The Morgan fingerprint density at radius 1 is 0.554 bits per heavy atom. The highest BCUT2D eigenvalue weighted by Gasteiger charge is 2.10. The summed E-state index contributed by atoms with van der Waals surface area (Å²) >= 11 is 0. The van der Waals surface area contributed by atoms with Crippen LogP contribution in [0.2, 0.25) is 0 Å². The van der Waals surface area contributed by atoms with Crippen molar-refractivity contribution in [2.45, 2.75) is 33.1 Å². The zero-order valence-electron chi connectivity index (χ0n) is 31.9. The molecule has 2 N–H and O–H groups in total. The van der Waals surface area contributed by atoms with Crippen LogP contribution in [0.25, 0.3) is 44.3 Å². The molecule has 0 spiro atoms. The van der Waals surface area contributed by atoms with Crippen LogP contribution in [0.1, 0.15) is 16.7 Å². The first kappa shape index (κ1) is 37.3. The van der Waals surface area contributed by atoms with Crippen LogP contribution in [0, 0.1) is 6.92 Å². The van der Waals surface area contributed by atoms with E-state index in [4.69, 9.17) is 0 Å². The van der Waals surface area contributed by atoms with Gasteiger partial charge in [0.05, 0.1) is 34.7 Å². The van der Waals surface area contributed by atoms with Gasteiger partial charge >= 0.3 is 0 Å². The van der Waals surface area contributed by atoms with Gasteiger partial charge in [-0.3, -0.25) is 9.59 Å². The number of aromatic nitrogens is 4. The first-order valence-electron chi connectivity index (χ1n) is 18.7. The van der Waals surface area contributed by atoms with Gasteiger partial charge in [-0.2, -0.15) is 0 Å². The highest BCUT2D eigenvalue weighted by atomic mass is 16.2. The number of amides is 2. The third-order valence-corrected chi connectivity index (χ3v) is 9.59. The van der Waals surface area contributed by atoms with Crippen LogP contribution in [0.15, 0.2) is 158 Å². The lowest BCUT2D eigenvalue weighted by molar-refractivity contribution is -0.122. The summed E-state index contributed by atoms with van der Waals surface area (Å²) in [4.78, 5) is 35.5. The molecule has 0 unspecified atom stereocenters. The molecular formula is C47H45N7O2. The molecule has 0 saturated carbocycles. The van der Waals surface area contributed by atoms with Crippen molar-refractivity contribution in [1.29, 1.82) is 0 Å². The monoisotopic (exact) mass is 739 g/mol. The number of aryl methyl sites for hydroxylation is 1. The molecule has 9 nitrogen and oxygen atoms in total. The second-order valence-electron chi connectivity index (χ2n) is 14.0. The number of nitrogens with one attached hydrogen (secondary N) is 2. The summed E-state index contributed by atoms with van der Waals surface area (Å²) < 4.78 is 3.74. The molecule has 0 saturated heterocycles. The van der Waals surface area contributed by atoms with E-state index in [0.717, 1.165) is 44.3 Å². The average molecular weight is 740 g/mol. The molecule has 0 aliphatic rings. The first-order valence-corrected chi connectivity index (χ1v) is 18.7. The van der Waals surface area contributed by atoms with Crippen molar-refractivity contribution in [2.24, 2.45) is 0 Å². The second-order valence-corrected chi connectivity index (χ2v) is 14.0. The fourth-order valence-corrected chi connectivity index (χ4v) is 6.69. The number of hydrogen-bond acceptors (Lipinski definition) is 5. The molecule has 2 heterocycles. The number of imidazole rings is 2. The molecular weight excluding hydrogens is 695 g/mol. The van der Waals surface area contributed by atoms with E-state index in [0.29, 0.717) is 13.1 Å². The van der Waals surface area contributed by atoms with Gasteiger partial charge in [0.2, 0.25) is 11.8 Å². The van der Waals surface area contributed by atoms with Crippen molar-refractivity contribution < 1.29 is 9.59 Å². The standard InChI is InChI=1S/C24H24N4O.C23H21N3O/c1-27(2)22-9-5-3-7-20(22)19-13-11-18(12-14-19)15-25-24(29)16-28-17-26-21-8-4-6-10-23(21)28;1-17-6-4-8-19(12-17)20-9-5-7-18(13-20)14-24-23(27)15-26-16-25-21-10-2-3-11-22(21)26/h3-14,17H,15-16H2,1-2H3,(H,25,29);2-13,16H,14-15H2,1H3,(H,24,27). The molecule has 56 heavy (non-hydrogen) atoms. The maximum atomic E-state index is 12.4. The second kappa shape index (κ2) is 17.4. The molecule has 0 fully saturated rings. The Morgan fingerprint density at radius 2 is 1.09 bits per heavy atom. The minimum atomic E-state index is -0.0322. The molecule has 8 aromatic rings. The van der Waals surface area contributed by atoms with Crippen LogP contribution < -0.4 is 15.5 Å². The van der Waals surface area contributed by atoms with E-state index < -0.39 is 0 Å². The fourth-order valence-electron chi connectivity index (χ4n) is 6.69. The maximum absolute atomic E-state index is 12.4. The van der Waals surface area contributed by atoms with Crippen molar-refractivity contribution in [3.63, 3.8) is 0 Å². The Morgan fingerprint density at radius 3 is 1.70 bits per heavy atom. The van der Waals surface area contributed by atoms with Gasteiger partial charge in [-0.05, 0) is 71.1 Å². The number of carbonyl (C=O) groups excluding carboxylic acids is 2. The van der Waals surface area contributed by atoms with Gasteiger partial charge in [0.15, 0.2) is 0 Å². The molecule has 6 aromatic carbocycles. The molecule has 2 amide bonds. The summed E-state index contributed by atoms with van der Waals surface area (Å²) in [6.45, 7) is 3.62. The predicted octanol–water partition coefficient (Wildman–Crippen LogP) is 8.41. The average Bonchev–Trinajstić information content (AvgIpc) is 3.83. The van der Waals surface area contributed by atoms with Crippen molar-refractivity contribution in [3.8, 4) is 22.3 Å². The van der Waals surface area contributed by atoms with Crippen molar-refractivity contribution in [2.75, 3.05) is 19.0 Å². The van der Waals surface area contributed by atoms with Gasteiger partial charge in [0.25, 0.3) is 0 Å². The van der Waals surface area contributed by atoms with E-state index in [1.54, 1.807) is 12.7 Å². The Bertz CT molecular complexity index is 2590. The van der Waals surface area contributed by atoms with Crippen molar-refractivity contribution in [1.82, 2.24) is 29.7 Å². The van der Waals surface area contributed by atoms with E-state index in [1.807, 2.05) is 90.0 Å². The SMILES string of the molecule is CN(C)c1ccccc1-c1ccc(CNC(=O)Cn2cnc3ccccc32)cc1.Cc1cccc(-c2cccc(CNC(=O)Cn3cnc4ccccc43)c2)c1. The highest BCUT2D eigenvalue weighted by Crippen LogP contribution is 2.29. The number of para-hydroxylation sites is 5. The number of anilines is 1. The van der Waals surface area contributed by atoms with E-state index in [-0.39, 0.29) is 24.9 Å². The first-order chi connectivity index (χ1) is 27.3. The van der Waals surface area contributed by atoms with Gasteiger partial charge in [0, 0.05) is 38.4 Å². The minimum Gasteiger partial charge on any atom is -0.377 e. The highest BCUT2D eigenvalue weighted by molar-refractivity contribution is 5.82. The van der Waals surface area contributed by atoms with E-state index in [2.05, 4.69) is 111 Å². The van der Waals surface area contributed by atoms with Crippen molar-refractivity contribution in [3.05, 3.63) is 175 Å². The third-order valence-electron chi connectivity index (χ3n) is 9.59. The molecule has 9 heteroatoms. The fraction of sp³-hybridized carbons (Fsp3) is 0.149. The summed E-state index contributed by atoms with van der Waals surface area (Å²) in [5.41, 5.74) is 13.0. The summed E-state index contributed by atoms with van der Waals surface area (Å²) in [6, 6.07) is 49.0. The van der Waals surface area contributed by atoms with Gasteiger partial charge in [-0.25, -0.2) is 9.97 Å². The topological polar surface area (TPSA) is 97.1 Å². The molecule has 8 rings (SSSR count). The quantitative estimate of drug-likeness (QED) is 0.139. The zero-order chi connectivity index (χ0) is 38.9. The lowest BCUT2D eigenvalue weighted by Gasteiger charge is -2.17. The predicted molar refractivity (Wildman–Crippen MR) is 226 cm³/mol. The zero-order valence-corrected chi connectivity index (χ0v) is 31.9. The Balaban J connectivity index is 0.000000172. The van der Waals surface area contributed by atoms with Crippen LogP contribution in [-0.4, -0.2) is 45.0 Å². The molecule has 0 aliphatic carbocycles. The lowest BCUT2D eigenvalue weighted by Crippen LogP contribution is -2.26. The summed E-state index contributed by atoms with van der Waals surface area (Å²) in [5, 5.41) is 6.00. The summed E-state index contributed by atoms with van der Waals surface area (Å²) in [6.07, 6.45) is 3.42. The number of rotatable bonds is 11. The molecule has 280 valence electrons. The van der Waals surface area contributed by atoms with Crippen LogP contribution in [0.4, 0.5) is 5.69 Å². The molecule has 0 radical (unpaired) electrons. The summed E-state index contributed by atoms with van der Waals surface area (Å²) in [7, 11) is 4.10. The largest absolute Gasteiger partial charge is 0.377 e. The molecule has 0 bridgehead atoms. The molecule has 0 atom stereocenters. The Hall–Kier alpha value is -7.00. The van der Waals surface area contributed by atoms with Gasteiger partial charge < -0.3 is 24.7 Å². The smallest absolute Gasteiger partial charge is 0.240 e. The maximum Gasteiger partial charge on any atom is 0.240 e. The van der Waals surface area contributed by atoms with E-state index >= 15 is 0 Å². The van der Waals surface area contributed by atoms with Gasteiger partial charge in [-0.15, -0.1) is 0 Å². The number of carbonyl (C=O) groups is 2. The van der Waals surface area contributed by atoms with Crippen LogP contribution >= 0.6 is 0 Å². The number of hydrogen-bond donors (Lipinski definition) is 2. The lowest BCUT2D eigenvalue weighted by atomic mass is 10.0. The Kier molecular flexibility index (Phi) is 11.6. The Labute approximate surface area is 327 Å². The van der Waals surface area contributed by atoms with Crippen LogP contribution in [0.3, 0.4) is 0 Å². The minimum absolute atomic E-state index is 0.0286. The normalized spacial score (nSPS) is 10.8. The molecule has 0 aliphatic heterocycles. The van der Waals surface area contributed by atoms with E-state index in [9.17, 15) is 9.59 Å². The molecule has 2 aromatic heterocycles. The van der Waals surface area contributed by atoms with Crippen LogP contribution in [0.5, 0.6) is 0 Å². The number of benzene rings is 6. The van der Waals surface area contributed by atoms with E-state index in [1.165, 1.54) is 22.4 Å². The van der Waals surface area contributed by atoms with Gasteiger partial charge in [0.1, 0.15) is 13.1 Å². The number of fused-ring (bicyclic) bond motifs is 2.